The van der Waals surface area contributed by atoms with E-state index >= 15 is 0 Å². The number of nitrogens with zero attached hydrogens (tertiary/aromatic N) is 2. The first-order valence-electron chi connectivity index (χ1n) is 13.8. The molecule has 0 aromatic heterocycles. The van der Waals surface area contributed by atoms with E-state index in [1.165, 1.54) is 7.11 Å². The molecule has 216 valence electrons. The summed E-state index contributed by atoms with van der Waals surface area (Å²) in [5, 5.41) is 11.6. The molecule has 2 saturated heterocycles. The van der Waals surface area contributed by atoms with Crippen LogP contribution in [-0.2, 0) is 14.3 Å². The Morgan fingerprint density at radius 3 is 2.40 bits per heavy atom. The van der Waals surface area contributed by atoms with Gasteiger partial charge in [-0.25, -0.2) is 0 Å². The largest absolute Gasteiger partial charge is 0.507 e. The van der Waals surface area contributed by atoms with Crippen LogP contribution in [0.2, 0.25) is 0 Å². The normalized spacial score (nSPS) is 19.4. The van der Waals surface area contributed by atoms with Crippen LogP contribution in [0.25, 0.3) is 5.76 Å². The van der Waals surface area contributed by atoms with Crippen LogP contribution < -0.4 is 14.2 Å². The van der Waals surface area contributed by atoms with E-state index in [0.29, 0.717) is 67.1 Å². The van der Waals surface area contributed by atoms with Crippen molar-refractivity contribution in [3.63, 3.8) is 0 Å². The average Bonchev–Trinajstić information content (AvgIpc) is 3.21. The first kappa shape index (κ1) is 29.4. The number of methoxy groups -OCH3 is 2. The number of rotatable bonds is 11. The van der Waals surface area contributed by atoms with Gasteiger partial charge in [-0.05, 0) is 60.7 Å². The number of aryl methyl sites for hydroxylation is 1. The van der Waals surface area contributed by atoms with Crippen LogP contribution in [0, 0.1) is 12.8 Å². The van der Waals surface area contributed by atoms with Crippen LogP contribution in [0.3, 0.4) is 0 Å². The molecule has 2 aromatic carbocycles. The predicted octanol–water partition coefficient (Wildman–Crippen LogP) is 4.19. The third-order valence-electron chi connectivity index (χ3n) is 7.28. The maximum Gasteiger partial charge on any atom is 0.295 e. The molecule has 1 atom stereocenters. The first-order chi connectivity index (χ1) is 19.2. The molecule has 0 unspecified atom stereocenters. The Balaban J connectivity index is 1.72. The number of Topliss-reactive ketones (excluding diaryl/α,β-unsaturated/α-hetero) is 1. The number of likely N-dealkylation sites (tertiary alicyclic amines) is 1. The zero-order valence-electron chi connectivity index (χ0n) is 24.1. The number of ketones is 1. The smallest absolute Gasteiger partial charge is 0.295 e. The number of amides is 1. The van der Waals surface area contributed by atoms with Crippen molar-refractivity contribution in [3.8, 4) is 17.2 Å². The van der Waals surface area contributed by atoms with Crippen molar-refractivity contribution in [1.29, 1.82) is 0 Å². The van der Waals surface area contributed by atoms with Crippen molar-refractivity contribution < 1.29 is 33.6 Å². The van der Waals surface area contributed by atoms with Gasteiger partial charge in [-0.1, -0.05) is 19.9 Å². The zero-order valence-corrected chi connectivity index (χ0v) is 24.1. The summed E-state index contributed by atoms with van der Waals surface area (Å²) in [4.78, 5) is 30.8. The zero-order chi connectivity index (χ0) is 28.8. The molecule has 2 aliphatic heterocycles. The van der Waals surface area contributed by atoms with Crippen LogP contribution in [0.1, 0.15) is 43.0 Å². The Labute approximate surface area is 236 Å². The molecular weight excluding hydrogens is 512 g/mol. The van der Waals surface area contributed by atoms with Crippen molar-refractivity contribution in [2.24, 2.45) is 5.92 Å². The van der Waals surface area contributed by atoms with E-state index in [-0.39, 0.29) is 11.3 Å². The van der Waals surface area contributed by atoms with Gasteiger partial charge in [0.25, 0.3) is 11.7 Å². The van der Waals surface area contributed by atoms with Crippen LogP contribution in [0.15, 0.2) is 42.0 Å². The van der Waals surface area contributed by atoms with Gasteiger partial charge in [0.15, 0.2) is 11.5 Å². The fraction of sp³-hybridized carbons (Fsp3) is 0.484. The van der Waals surface area contributed by atoms with Crippen molar-refractivity contribution in [1.82, 2.24) is 9.80 Å². The summed E-state index contributed by atoms with van der Waals surface area (Å²) in [5.74, 6) is 0.518. The highest BCUT2D eigenvalue weighted by Gasteiger charge is 2.46. The van der Waals surface area contributed by atoms with E-state index in [0.717, 1.165) is 25.2 Å². The number of benzene rings is 2. The van der Waals surface area contributed by atoms with Crippen molar-refractivity contribution in [2.75, 3.05) is 60.2 Å². The number of hydrogen-bond donors (Lipinski definition) is 1. The summed E-state index contributed by atoms with van der Waals surface area (Å²) >= 11 is 0. The first-order valence-corrected chi connectivity index (χ1v) is 13.8. The third kappa shape index (κ3) is 6.42. The van der Waals surface area contributed by atoms with Crippen LogP contribution in [0.4, 0.5) is 0 Å². The molecule has 40 heavy (non-hydrogen) atoms. The lowest BCUT2D eigenvalue weighted by atomic mass is 9.93. The predicted molar refractivity (Wildman–Crippen MR) is 152 cm³/mol. The average molecular weight is 553 g/mol. The lowest BCUT2D eigenvalue weighted by molar-refractivity contribution is -0.140. The molecule has 0 radical (unpaired) electrons. The Hall–Kier alpha value is -3.56. The molecule has 4 rings (SSSR count). The van der Waals surface area contributed by atoms with E-state index in [4.69, 9.17) is 18.9 Å². The SMILES string of the molecule is COc1ccc([C@H]2C(=C(O)c3ccc(OCC(C)C)cc3C)C(=O)C(=O)N2CCCN2CCOCC2)cc1OC. The standard InChI is InChI=1S/C31H40N2O7/c1-20(2)19-40-23-8-9-24(21(3)17-23)29(34)27-28(22-7-10-25(37-4)26(18-22)38-5)33(31(36)30(27)35)12-6-11-32-13-15-39-16-14-32/h7-10,17-18,20,28,34H,6,11-16,19H2,1-5H3/t28-/m0/s1. The number of aliphatic hydroxyl groups is 1. The minimum absolute atomic E-state index is 0.0579. The van der Waals surface area contributed by atoms with Crippen LogP contribution in [-0.4, -0.2) is 86.8 Å². The molecular formula is C31H40N2O7. The molecule has 1 amide bonds. The van der Waals surface area contributed by atoms with Gasteiger partial charge in [-0.15, -0.1) is 0 Å². The molecule has 0 aliphatic carbocycles. The molecule has 0 spiro atoms. The number of hydrogen-bond acceptors (Lipinski definition) is 8. The molecule has 2 fully saturated rings. The number of carbonyl (C=O) groups is 2. The van der Waals surface area contributed by atoms with Crippen LogP contribution in [0.5, 0.6) is 17.2 Å². The summed E-state index contributed by atoms with van der Waals surface area (Å²) < 4.78 is 22.2. The number of aliphatic hydroxyl groups excluding tert-OH is 1. The van der Waals surface area contributed by atoms with Gasteiger partial charge in [-0.2, -0.15) is 0 Å². The summed E-state index contributed by atoms with van der Waals surface area (Å²) in [6.45, 7) is 10.8. The summed E-state index contributed by atoms with van der Waals surface area (Å²) in [7, 11) is 3.08. The van der Waals surface area contributed by atoms with Gasteiger partial charge < -0.3 is 29.0 Å². The van der Waals surface area contributed by atoms with Gasteiger partial charge in [-0.3, -0.25) is 14.5 Å². The number of morpholine rings is 1. The quantitative estimate of drug-likeness (QED) is 0.252. The van der Waals surface area contributed by atoms with Gasteiger partial charge >= 0.3 is 0 Å². The monoisotopic (exact) mass is 552 g/mol. The second-order valence-electron chi connectivity index (χ2n) is 10.6. The van der Waals surface area contributed by atoms with E-state index in [2.05, 4.69) is 18.7 Å². The molecule has 0 bridgehead atoms. The van der Waals surface area contributed by atoms with E-state index < -0.39 is 17.7 Å². The molecule has 9 nitrogen and oxygen atoms in total. The fourth-order valence-electron chi connectivity index (χ4n) is 5.17. The molecule has 1 N–H and O–H groups in total. The second kappa shape index (κ2) is 13.2. The Kier molecular flexibility index (Phi) is 9.71. The minimum Gasteiger partial charge on any atom is -0.507 e. The molecule has 2 aliphatic rings. The highest BCUT2D eigenvalue weighted by molar-refractivity contribution is 6.46. The maximum atomic E-state index is 13.5. The van der Waals surface area contributed by atoms with E-state index in [1.54, 1.807) is 42.3 Å². The van der Waals surface area contributed by atoms with Gasteiger partial charge in [0.05, 0.1) is 45.7 Å². The van der Waals surface area contributed by atoms with E-state index in [1.807, 2.05) is 13.0 Å². The fourth-order valence-corrected chi connectivity index (χ4v) is 5.17. The molecule has 0 saturated carbocycles. The molecule has 2 heterocycles. The van der Waals surface area contributed by atoms with Crippen LogP contribution >= 0.6 is 0 Å². The summed E-state index contributed by atoms with van der Waals surface area (Å²) in [6, 6.07) is 9.87. The highest BCUT2D eigenvalue weighted by Crippen LogP contribution is 2.42. The Morgan fingerprint density at radius 2 is 1.75 bits per heavy atom. The number of ether oxygens (including phenoxy) is 4. The topological polar surface area (TPSA) is 97.8 Å². The summed E-state index contributed by atoms with van der Waals surface area (Å²) in [5.41, 5.74) is 1.93. The third-order valence-corrected chi connectivity index (χ3v) is 7.28. The minimum atomic E-state index is -0.777. The van der Waals surface area contributed by atoms with Crippen molar-refractivity contribution in [2.45, 2.75) is 33.2 Å². The molecule has 2 aromatic rings. The Morgan fingerprint density at radius 1 is 1.02 bits per heavy atom. The van der Waals surface area contributed by atoms with E-state index in [9.17, 15) is 14.7 Å². The highest BCUT2D eigenvalue weighted by atomic mass is 16.5. The second-order valence-corrected chi connectivity index (χ2v) is 10.6. The van der Waals surface area contributed by atoms with Gasteiger partial charge in [0, 0.05) is 31.7 Å². The Bertz CT molecular complexity index is 1250. The lowest BCUT2D eigenvalue weighted by Gasteiger charge is -2.29. The molecule has 9 heteroatoms. The van der Waals surface area contributed by atoms with Gasteiger partial charge in [0.1, 0.15) is 11.5 Å². The van der Waals surface area contributed by atoms with Gasteiger partial charge in [0.2, 0.25) is 0 Å². The lowest BCUT2D eigenvalue weighted by Crippen LogP contribution is -2.39. The van der Waals surface area contributed by atoms with Crippen molar-refractivity contribution >= 4 is 17.4 Å². The maximum absolute atomic E-state index is 13.5. The summed E-state index contributed by atoms with van der Waals surface area (Å²) in [6.07, 6.45) is 0.678. The number of carbonyl (C=O) groups excluding carboxylic acids is 2. The van der Waals surface area contributed by atoms with Crippen molar-refractivity contribution in [3.05, 3.63) is 58.7 Å².